The number of piperidine rings is 1. The van der Waals surface area contributed by atoms with Crippen LogP contribution in [0.1, 0.15) is 29.5 Å². The van der Waals surface area contributed by atoms with Crippen molar-refractivity contribution in [3.8, 4) is 0 Å². The normalized spacial score (nSPS) is 21.7. The molecule has 0 bridgehead atoms. The van der Waals surface area contributed by atoms with Gasteiger partial charge in [-0.15, -0.1) is 0 Å². The molecule has 1 aliphatic rings. The van der Waals surface area contributed by atoms with Gasteiger partial charge in [0.1, 0.15) is 0 Å². The van der Waals surface area contributed by atoms with Gasteiger partial charge in [0.15, 0.2) is 0 Å². The molecule has 17 heavy (non-hydrogen) atoms. The largest absolute Gasteiger partial charge is 0.316 e. The first-order chi connectivity index (χ1) is 8.20. The lowest BCUT2D eigenvalue weighted by Gasteiger charge is -2.33. The van der Waals surface area contributed by atoms with E-state index in [4.69, 9.17) is 0 Å². The van der Waals surface area contributed by atoms with E-state index in [1.807, 2.05) is 0 Å². The molecule has 1 atom stereocenters. The molecule has 0 spiro atoms. The Morgan fingerprint density at radius 3 is 2.94 bits per heavy atom. The third-order valence-corrected chi connectivity index (χ3v) is 4.02. The van der Waals surface area contributed by atoms with Gasteiger partial charge in [-0.2, -0.15) is 0 Å². The van der Waals surface area contributed by atoms with E-state index < -0.39 is 0 Å². The summed E-state index contributed by atoms with van der Waals surface area (Å²) in [6, 6.07) is 7.32. The first-order valence-corrected chi connectivity index (χ1v) is 6.65. The molecule has 1 aliphatic heterocycles. The second-order valence-electron chi connectivity index (χ2n) is 5.22. The molecule has 0 aliphatic carbocycles. The van der Waals surface area contributed by atoms with Gasteiger partial charge >= 0.3 is 0 Å². The van der Waals surface area contributed by atoms with Gasteiger partial charge in [-0.1, -0.05) is 18.2 Å². The van der Waals surface area contributed by atoms with Crippen molar-refractivity contribution in [3.63, 3.8) is 0 Å². The van der Waals surface area contributed by atoms with E-state index in [1.54, 1.807) is 0 Å². The van der Waals surface area contributed by atoms with E-state index in [0.29, 0.717) is 6.04 Å². The van der Waals surface area contributed by atoms with Crippen molar-refractivity contribution in [2.75, 3.05) is 20.1 Å². The van der Waals surface area contributed by atoms with Crippen LogP contribution in [-0.2, 0) is 6.54 Å². The van der Waals surface area contributed by atoms with Gasteiger partial charge in [-0.25, -0.2) is 0 Å². The molecule has 2 nitrogen and oxygen atoms in total. The molecular weight excluding hydrogens is 208 g/mol. The quantitative estimate of drug-likeness (QED) is 0.861. The monoisotopic (exact) mass is 232 g/mol. The van der Waals surface area contributed by atoms with Crippen molar-refractivity contribution < 1.29 is 0 Å². The Labute approximate surface area is 105 Å². The fraction of sp³-hybridized carbons (Fsp3) is 0.600. The van der Waals surface area contributed by atoms with Crippen LogP contribution in [0.3, 0.4) is 0 Å². The van der Waals surface area contributed by atoms with Crippen molar-refractivity contribution >= 4 is 0 Å². The number of nitrogens with one attached hydrogen (secondary N) is 1. The topological polar surface area (TPSA) is 15.3 Å². The molecule has 94 valence electrons. The van der Waals surface area contributed by atoms with Crippen LogP contribution in [0.5, 0.6) is 0 Å². The molecule has 1 saturated heterocycles. The Balaban J connectivity index is 2.02. The van der Waals surface area contributed by atoms with Crippen molar-refractivity contribution in [2.45, 2.75) is 39.3 Å². The number of likely N-dealkylation sites (tertiary alicyclic amines) is 1. The van der Waals surface area contributed by atoms with Gasteiger partial charge < -0.3 is 5.32 Å². The summed E-state index contributed by atoms with van der Waals surface area (Å²) in [7, 11) is 2.08. The Kier molecular flexibility index (Phi) is 4.19. The highest BCUT2D eigenvalue weighted by molar-refractivity contribution is 5.33. The lowest BCUT2D eigenvalue weighted by atomic mass is 10.0. The summed E-state index contributed by atoms with van der Waals surface area (Å²) in [5, 5.41) is 3.40. The molecule has 1 heterocycles. The smallest absolute Gasteiger partial charge is 0.0237 e. The van der Waals surface area contributed by atoms with Crippen LogP contribution in [0.25, 0.3) is 0 Å². The number of hydrogen-bond donors (Lipinski definition) is 1. The molecule has 0 saturated carbocycles. The van der Waals surface area contributed by atoms with Gasteiger partial charge in [0.2, 0.25) is 0 Å². The van der Waals surface area contributed by atoms with Gasteiger partial charge in [0, 0.05) is 19.1 Å². The minimum absolute atomic E-state index is 0.675. The fourth-order valence-corrected chi connectivity index (χ4v) is 2.66. The van der Waals surface area contributed by atoms with Crippen molar-refractivity contribution in [2.24, 2.45) is 0 Å². The average Bonchev–Trinajstić information content (AvgIpc) is 2.35. The van der Waals surface area contributed by atoms with Gasteiger partial charge in [-0.3, -0.25) is 4.90 Å². The second-order valence-corrected chi connectivity index (χ2v) is 5.22. The molecule has 1 aromatic carbocycles. The Hall–Kier alpha value is -0.860. The molecule has 1 fully saturated rings. The maximum atomic E-state index is 3.40. The van der Waals surface area contributed by atoms with Crippen LogP contribution in [-0.4, -0.2) is 31.1 Å². The Bertz CT molecular complexity index is 373. The van der Waals surface area contributed by atoms with E-state index in [1.165, 1.54) is 42.6 Å². The minimum atomic E-state index is 0.675. The maximum Gasteiger partial charge on any atom is 0.0237 e. The summed E-state index contributed by atoms with van der Waals surface area (Å²) in [6.45, 7) is 7.97. The molecule has 1 aromatic rings. The Morgan fingerprint density at radius 2 is 2.18 bits per heavy atom. The number of benzene rings is 1. The maximum absolute atomic E-state index is 3.40. The predicted molar refractivity (Wildman–Crippen MR) is 73.3 cm³/mol. The van der Waals surface area contributed by atoms with Crippen LogP contribution in [0.2, 0.25) is 0 Å². The molecule has 0 aromatic heterocycles. The SMILES string of the molecule is CNC1CCCN(Cc2cccc(C)c2C)C1. The number of hydrogen-bond acceptors (Lipinski definition) is 2. The second kappa shape index (κ2) is 5.65. The van der Waals surface area contributed by atoms with E-state index >= 15 is 0 Å². The zero-order valence-corrected chi connectivity index (χ0v) is 11.3. The van der Waals surface area contributed by atoms with Gasteiger partial charge in [0.05, 0.1) is 0 Å². The minimum Gasteiger partial charge on any atom is -0.316 e. The summed E-state index contributed by atoms with van der Waals surface area (Å²) in [4.78, 5) is 2.58. The van der Waals surface area contributed by atoms with Crippen molar-refractivity contribution in [1.82, 2.24) is 10.2 Å². The number of rotatable bonds is 3. The highest BCUT2D eigenvalue weighted by atomic mass is 15.2. The summed E-state index contributed by atoms with van der Waals surface area (Å²) in [6.07, 6.45) is 2.64. The average molecular weight is 232 g/mol. The van der Waals surface area contributed by atoms with Gasteiger partial charge in [0.25, 0.3) is 0 Å². The lowest BCUT2D eigenvalue weighted by molar-refractivity contribution is 0.187. The number of aryl methyl sites for hydroxylation is 1. The molecule has 0 amide bonds. The summed E-state index contributed by atoms with van der Waals surface area (Å²) < 4.78 is 0. The molecule has 2 heteroatoms. The highest BCUT2D eigenvalue weighted by Crippen LogP contribution is 2.18. The van der Waals surface area contributed by atoms with E-state index in [0.717, 1.165) is 6.54 Å². The molecule has 2 rings (SSSR count). The zero-order valence-electron chi connectivity index (χ0n) is 11.3. The fourth-order valence-electron chi connectivity index (χ4n) is 2.66. The van der Waals surface area contributed by atoms with E-state index in [-0.39, 0.29) is 0 Å². The molecule has 0 radical (unpaired) electrons. The number of nitrogens with zero attached hydrogens (tertiary/aromatic N) is 1. The predicted octanol–water partition coefficient (Wildman–Crippen LogP) is 2.49. The lowest BCUT2D eigenvalue weighted by Crippen LogP contribution is -2.43. The number of likely N-dealkylation sites (N-methyl/N-ethyl adjacent to an activating group) is 1. The zero-order chi connectivity index (χ0) is 12.3. The van der Waals surface area contributed by atoms with Gasteiger partial charge in [-0.05, 0) is 57.0 Å². The Morgan fingerprint density at radius 1 is 1.35 bits per heavy atom. The van der Waals surface area contributed by atoms with Crippen LogP contribution >= 0.6 is 0 Å². The van der Waals surface area contributed by atoms with Crippen molar-refractivity contribution in [1.29, 1.82) is 0 Å². The van der Waals surface area contributed by atoms with E-state index in [9.17, 15) is 0 Å². The first kappa shape index (κ1) is 12.6. The highest BCUT2D eigenvalue weighted by Gasteiger charge is 2.18. The summed E-state index contributed by atoms with van der Waals surface area (Å²) >= 11 is 0. The van der Waals surface area contributed by atoms with Crippen LogP contribution in [0.15, 0.2) is 18.2 Å². The molecular formula is C15H24N2. The third-order valence-electron chi connectivity index (χ3n) is 4.02. The molecule has 1 N–H and O–H groups in total. The van der Waals surface area contributed by atoms with Crippen LogP contribution < -0.4 is 5.32 Å². The van der Waals surface area contributed by atoms with Crippen molar-refractivity contribution in [3.05, 3.63) is 34.9 Å². The molecule has 1 unspecified atom stereocenters. The van der Waals surface area contributed by atoms with Crippen LogP contribution in [0.4, 0.5) is 0 Å². The standard InChI is InChI=1S/C15H24N2/c1-12-6-4-7-14(13(12)2)10-17-9-5-8-15(11-17)16-3/h4,6-7,15-16H,5,8-11H2,1-3H3. The van der Waals surface area contributed by atoms with E-state index in [2.05, 4.69) is 49.3 Å². The summed E-state index contributed by atoms with van der Waals surface area (Å²) in [5.74, 6) is 0. The summed E-state index contributed by atoms with van der Waals surface area (Å²) in [5.41, 5.74) is 4.35. The third kappa shape index (κ3) is 3.08. The van der Waals surface area contributed by atoms with Crippen LogP contribution in [0, 0.1) is 13.8 Å². The first-order valence-electron chi connectivity index (χ1n) is 6.65.